The highest BCUT2D eigenvalue weighted by Crippen LogP contribution is 2.31. The van der Waals surface area contributed by atoms with Crippen molar-refractivity contribution in [3.63, 3.8) is 0 Å². The fraction of sp³-hybridized carbons (Fsp3) is 0.533. The minimum absolute atomic E-state index is 0.0626. The lowest BCUT2D eigenvalue weighted by Gasteiger charge is -2.20. The largest absolute Gasteiger partial charge is 0.338 e. The number of hydrogen-bond acceptors (Lipinski definition) is 2. The number of hydrogen-bond donors (Lipinski definition) is 1. The summed E-state index contributed by atoms with van der Waals surface area (Å²) in [5, 5.41) is 3.44. The van der Waals surface area contributed by atoms with Crippen LogP contribution in [0.2, 0.25) is 0 Å². The number of likely N-dealkylation sites (tertiary alicyclic amines) is 1. The average molecular weight is 262 g/mol. The summed E-state index contributed by atoms with van der Waals surface area (Å²) in [7, 11) is 0. The Hall–Kier alpha value is -1.42. The Kier molecular flexibility index (Phi) is 3.27. The molecule has 4 heteroatoms. The van der Waals surface area contributed by atoms with Gasteiger partial charge in [0.15, 0.2) is 0 Å². The molecule has 3 rings (SSSR count). The first kappa shape index (κ1) is 12.6. The monoisotopic (exact) mass is 262 g/mol. The molecular weight excluding hydrogens is 243 g/mol. The summed E-state index contributed by atoms with van der Waals surface area (Å²) in [5.74, 6) is 0.0414. The summed E-state index contributed by atoms with van der Waals surface area (Å²) in [6, 6.07) is 7.37. The maximum absolute atomic E-state index is 13.2. The van der Waals surface area contributed by atoms with E-state index in [-0.39, 0.29) is 23.8 Å². The lowest BCUT2D eigenvalue weighted by molar-refractivity contribution is -0.128. The fourth-order valence-corrected chi connectivity index (χ4v) is 2.81. The van der Waals surface area contributed by atoms with Gasteiger partial charge in [0.05, 0.1) is 0 Å². The minimum atomic E-state index is -0.215. The summed E-state index contributed by atoms with van der Waals surface area (Å²) in [6.45, 7) is 2.81. The zero-order valence-electron chi connectivity index (χ0n) is 11.1. The molecule has 2 fully saturated rings. The highest BCUT2D eigenvalue weighted by atomic mass is 19.1. The molecule has 1 aromatic rings. The van der Waals surface area contributed by atoms with Crippen molar-refractivity contribution in [2.45, 2.75) is 44.3 Å². The highest BCUT2D eigenvalue weighted by Gasteiger charge is 2.39. The molecule has 1 saturated carbocycles. The maximum Gasteiger partial charge on any atom is 0.224 e. The van der Waals surface area contributed by atoms with Gasteiger partial charge in [0.2, 0.25) is 5.91 Å². The number of amides is 1. The van der Waals surface area contributed by atoms with Crippen molar-refractivity contribution in [1.29, 1.82) is 0 Å². The van der Waals surface area contributed by atoms with Crippen molar-refractivity contribution in [3.05, 3.63) is 35.6 Å². The second kappa shape index (κ2) is 4.93. The fourth-order valence-electron chi connectivity index (χ4n) is 2.81. The molecule has 1 heterocycles. The SMILES string of the molecule is C[C@H](N[C@@H]1CC(=O)N(C2CC2)C1)c1cccc(F)c1. The normalized spacial score (nSPS) is 24.8. The van der Waals surface area contributed by atoms with Gasteiger partial charge in [-0.05, 0) is 37.5 Å². The maximum atomic E-state index is 13.2. The molecule has 3 nitrogen and oxygen atoms in total. The molecule has 2 atom stereocenters. The van der Waals surface area contributed by atoms with Crippen LogP contribution >= 0.6 is 0 Å². The number of carbonyl (C=O) groups is 1. The van der Waals surface area contributed by atoms with Crippen LogP contribution in [0.1, 0.15) is 37.8 Å². The molecule has 1 N–H and O–H groups in total. The molecule has 102 valence electrons. The summed E-state index contributed by atoms with van der Waals surface area (Å²) in [6.07, 6.45) is 2.87. The summed E-state index contributed by atoms with van der Waals surface area (Å²) >= 11 is 0. The molecule has 2 aliphatic rings. The van der Waals surface area contributed by atoms with Gasteiger partial charge < -0.3 is 10.2 Å². The van der Waals surface area contributed by atoms with Crippen LogP contribution in [0.25, 0.3) is 0 Å². The number of rotatable bonds is 4. The number of benzene rings is 1. The molecule has 0 spiro atoms. The average Bonchev–Trinajstić information content (AvgIpc) is 3.14. The third-order valence-corrected chi connectivity index (χ3v) is 3.98. The molecule has 1 aliphatic carbocycles. The third-order valence-electron chi connectivity index (χ3n) is 3.98. The second-order valence-electron chi connectivity index (χ2n) is 5.62. The van der Waals surface area contributed by atoms with Crippen molar-refractivity contribution in [3.8, 4) is 0 Å². The number of halogens is 1. The van der Waals surface area contributed by atoms with Crippen LogP contribution in [0.4, 0.5) is 4.39 Å². The van der Waals surface area contributed by atoms with Crippen molar-refractivity contribution in [2.75, 3.05) is 6.54 Å². The van der Waals surface area contributed by atoms with Crippen molar-refractivity contribution < 1.29 is 9.18 Å². The van der Waals surface area contributed by atoms with Gasteiger partial charge in [-0.1, -0.05) is 12.1 Å². The van der Waals surface area contributed by atoms with Gasteiger partial charge in [0.1, 0.15) is 5.82 Å². The molecule has 1 aromatic carbocycles. The highest BCUT2D eigenvalue weighted by molar-refractivity contribution is 5.80. The minimum Gasteiger partial charge on any atom is -0.338 e. The zero-order chi connectivity index (χ0) is 13.4. The van der Waals surface area contributed by atoms with E-state index >= 15 is 0 Å². The van der Waals surface area contributed by atoms with Crippen LogP contribution in [0, 0.1) is 5.82 Å². The Morgan fingerprint density at radius 2 is 2.21 bits per heavy atom. The van der Waals surface area contributed by atoms with Crippen LogP contribution in [-0.4, -0.2) is 29.4 Å². The van der Waals surface area contributed by atoms with E-state index in [0.717, 1.165) is 24.9 Å². The Labute approximate surface area is 112 Å². The second-order valence-corrected chi connectivity index (χ2v) is 5.62. The van der Waals surface area contributed by atoms with E-state index in [9.17, 15) is 9.18 Å². The molecule has 0 bridgehead atoms. The van der Waals surface area contributed by atoms with Crippen LogP contribution < -0.4 is 5.32 Å². The van der Waals surface area contributed by atoms with E-state index < -0.39 is 0 Å². The van der Waals surface area contributed by atoms with Crippen molar-refractivity contribution in [2.24, 2.45) is 0 Å². The first-order chi connectivity index (χ1) is 9.13. The van der Waals surface area contributed by atoms with E-state index in [0.29, 0.717) is 12.5 Å². The topological polar surface area (TPSA) is 32.3 Å². The van der Waals surface area contributed by atoms with Gasteiger partial charge in [-0.3, -0.25) is 4.79 Å². The zero-order valence-corrected chi connectivity index (χ0v) is 11.1. The van der Waals surface area contributed by atoms with E-state index in [1.165, 1.54) is 6.07 Å². The van der Waals surface area contributed by atoms with Crippen LogP contribution in [0.5, 0.6) is 0 Å². The summed E-state index contributed by atoms with van der Waals surface area (Å²) < 4.78 is 13.2. The number of carbonyl (C=O) groups excluding carboxylic acids is 1. The smallest absolute Gasteiger partial charge is 0.224 e. The Bertz CT molecular complexity index is 487. The van der Waals surface area contributed by atoms with Gasteiger partial charge in [-0.25, -0.2) is 4.39 Å². The lowest BCUT2D eigenvalue weighted by Crippen LogP contribution is -2.35. The van der Waals surface area contributed by atoms with Gasteiger partial charge in [0.25, 0.3) is 0 Å². The van der Waals surface area contributed by atoms with Gasteiger partial charge in [-0.2, -0.15) is 0 Å². The Morgan fingerprint density at radius 3 is 2.89 bits per heavy atom. The van der Waals surface area contributed by atoms with E-state index in [1.807, 2.05) is 17.9 Å². The molecule has 0 radical (unpaired) electrons. The third kappa shape index (κ3) is 2.78. The molecule has 0 unspecified atom stereocenters. The Morgan fingerprint density at radius 1 is 1.42 bits per heavy atom. The predicted molar refractivity (Wildman–Crippen MR) is 71.1 cm³/mol. The van der Waals surface area contributed by atoms with Crippen molar-refractivity contribution in [1.82, 2.24) is 10.2 Å². The Balaban J connectivity index is 1.61. The van der Waals surface area contributed by atoms with Crippen LogP contribution in [0.3, 0.4) is 0 Å². The molecule has 0 aromatic heterocycles. The van der Waals surface area contributed by atoms with E-state index in [2.05, 4.69) is 5.32 Å². The standard InChI is InChI=1S/C15H19FN2O/c1-10(11-3-2-4-12(16)7-11)17-13-8-15(19)18(9-13)14-5-6-14/h2-4,7,10,13-14,17H,5-6,8-9H2,1H3/t10-,13+/m0/s1. The van der Waals surface area contributed by atoms with Gasteiger partial charge in [-0.15, -0.1) is 0 Å². The summed E-state index contributed by atoms with van der Waals surface area (Å²) in [4.78, 5) is 13.9. The van der Waals surface area contributed by atoms with E-state index in [4.69, 9.17) is 0 Å². The summed E-state index contributed by atoms with van der Waals surface area (Å²) in [5.41, 5.74) is 0.928. The van der Waals surface area contributed by atoms with E-state index in [1.54, 1.807) is 12.1 Å². The van der Waals surface area contributed by atoms with Gasteiger partial charge >= 0.3 is 0 Å². The van der Waals surface area contributed by atoms with Crippen LogP contribution in [-0.2, 0) is 4.79 Å². The number of nitrogens with zero attached hydrogens (tertiary/aromatic N) is 1. The first-order valence-electron chi connectivity index (χ1n) is 6.94. The first-order valence-corrected chi connectivity index (χ1v) is 6.94. The molecule has 1 amide bonds. The molecule has 1 saturated heterocycles. The molecule has 19 heavy (non-hydrogen) atoms. The van der Waals surface area contributed by atoms with Gasteiger partial charge in [0, 0.05) is 31.1 Å². The lowest BCUT2D eigenvalue weighted by atomic mass is 10.1. The molecule has 1 aliphatic heterocycles. The quantitative estimate of drug-likeness (QED) is 0.902. The predicted octanol–water partition coefficient (Wildman–Crippen LogP) is 2.24. The van der Waals surface area contributed by atoms with Crippen molar-refractivity contribution >= 4 is 5.91 Å². The van der Waals surface area contributed by atoms with Crippen LogP contribution in [0.15, 0.2) is 24.3 Å². The molecular formula is C15H19FN2O. The number of nitrogens with one attached hydrogen (secondary N) is 1.